The highest BCUT2D eigenvalue weighted by Gasteiger charge is 2.13. The zero-order valence-corrected chi connectivity index (χ0v) is 15.7. The van der Waals surface area contributed by atoms with Crippen LogP contribution in [0.1, 0.15) is 17.9 Å². The van der Waals surface area contributed by atoms with Gasteiger partial charge >= 0.3 is 0 Å². The molecule has 1 N–H and O–H groups in total. The predicted octanol–water partition coefficient (Wildman–Crippen LogP) is 2.94. The van der Waals surface area contributed by atoms with Crippen LogP contribution >= 0.6 is 0 Å². The molecule has 2 aromatic carbocycles. The first-order valence-corrected chi connectivity index (χ1v) is 9.41. The Labute approximate surface area is 166 Å². The Balaban J connectivity index is 1.22. The average molecular weight is 397 g/mol. The SMILES string of the molecule is O=C(CCc1nc(-c2ccc(F)cc2)no1)NCCc1ccc2c(c1)OCCO2. The maximum Gasteiger partial charge on any atom is 0.227 e. The molecular weight excluding hydrogens is 377 g/mol. The largest absolute Gasteiger partial charge is 0.486 e. The molecule has 4 rings (SSSR count). The molecule has 29 heavy (non-hydrogen) atoms. The summed E-state index contributed by atoms with van der Waals surface area (Å²) in [5.74, 6) is 1.82. The summed E-state index contributed by atoms with van der Waals surface area (Å²) in [6.45, 7) is 1.63. The maximum absolute atomic E-state index is 13.0. The molecule has 2 heterocycles. The van der Waals surface area contributed by atoms with Gasteiger partial charge in [-0.3, -0.25) is 4.79 Å². The number of nitrogens with zero attached hydrogens (tertiary/aromatic N) is 2. The average Bonchev–Trinajstić information content (AvgIpc) is 3.22. The summed E-state index contributed by atoms with van der Waals surface area (Å²) in [6, 6.07) is 11.6. The molecule has 150 valence electrons. The van der Waals surface area contributed by atoms with Crippen LogP contribution in [0.2, 0.25) is 0 Å². The third-order valence-electron chi connectivity index (χ3n) is 4.48. The van der Waals surface area contributed by atoms with Crippen LogP contribution in [-0.2, 0) is 17.6 Å². The van der Waals surface area contributed by atoms with Crippen LogP contribution in [0, 0.1) is 5.82 Å². The van der Waals surface area contributed by atoms with Crippen LogP contribution in [0.4, 0.5) is 4.39 Å². The van der Waals surface area contributed by atoms with Crippen LogP contribution in [0.3, 0.4) is 0 Å². The Morgan fingerprint density at radius 3 is 2.66 bits per heavy atom. The second kappa shape index (κ2) is 8.72. The van der Waals surface area contributed by atoms with Crippen LogP contribution < -0.4 is 14.8 Å². The van der Waals surface area contributed by atoms with Crippen molar-refractivity contribution in [1.82, 2.24) is 15.5 Å². The summed E-state index contributed by atoms with van der Waals surface area (Å²) in [6.07, 6.45) is 1.27. The summed E-state index contributed by atoms with van der Waals surface area (Å²) >= 11 is 0. The first-order valence-electron chi connectivity index (χ1n) is 9.41. The van der Waals surface area contributed by atoms with Crippen molar-refractivity contribution >= 4 is 5.91 Å². The van der Waals surface area contributed by atoms with Crippen molar-refractivity contribution in [3.63, 3.8) is 0 Å². The van der Waals surface area contributed by atoms with E-state index in [4.69, 9.17) is 14.0 Å². The third kappa shape index (κ3) is 4.90. The van der Waals surface area contributed by atoms with Gasteiger partial charge in [0.05, 0.1) is 0 Å². The van der Waals surface area contributed by atoms with Crippen molar-refractivity contribution in [2.45, 2.75) is 19.3 Å². The Kier molecular flexibility index (Phi) is 5.69. The molecule has 7 nitrogen and oxygen atoms in total. The summed E-state index contributed by atoms with van der Waals surface area (Å²) in [4.78, 5) is 16.3. The number of nitrogens with one attached hydrogen (secondary N) is 1. The smallest absolute Gasteiger partial charge is 0.227 e. The van der Waals surface area contributed by atoms with Gasteiger partial charge in [-0.2, -0.15) is 4.98 Å². The van der Waals surface area contributed by atoms with Crippen molar-refractivity contribution in [3.8, 4) is 22.9 Å². The standard InChI is InChI=1S/C21H20FN3O4/c22-16-4-2-15(3-5-16)21-24-20(29-25-21)8-7-19(26)23-10-9-14-1-6-17-18(13-14)28-12-11-27-17/h1-6,13H,7-12H2,(H,23,26). The van der Waals surface area contributed by atoms with E-state index in [9.17, 15) is 9.18 Å². The number of carbonyl (C=O) groups is 1. The normalized spacial score (nSPS) is 12.6. The van der Waals surface area contributed by atoms with Crippen molar-refractivity contribution < 1.29 is 23.2 Å². The number of hydrogen-bond acceptors (Lipinski definition) is 6. The first kappa shape index (κ1) is 18.9. The van der Waals surface area contributed by atoms with Gasteiger partial charge in [-0.25, -0.2) is 4.39 Å². The molecule has 0 aliphatic carbocycles. The predicted molar refractivity (Wildman–Crippen MR) is 102 cm³/mol. The van der Waals surface area contributed by atoms with Gasteiger partial charge in [0.2, 0.25) is 17.6 Å². The van der Waals surface area contributed by atoms with Gasteiger partial charge in [0.15, 0.2) is 11.5 Å². The molecule has 8 heteroatoms. The molecule has 0 unspecified atom stereocenters. The monoisotopic (exact) mass is 397 g/mol. The van der Waals surface area contributed by atoms with E-state index < -0.39 is 0 Å². The van der Waals surface area contributed by atoms with Gasteiger partial charge in [0.1, 0.15) is 19.0 Å². The van der Waals surface area contributed by atoms with Crippen LogP contribution in [0.5, 0.6) is 11.5 Å². The number of aryl methyl sites for hydroxylation is 1. The van der Waals surface area contributed by atoms with Crippen molar-refractivity contribution in [2.75, 3.05) is 19.8 Å². The van der Waals surface area contributed by atoms with Crippen LogP contribution in [0.25, 0.3) is 11.4 Å². The minimum absolute atomic E-state index is 0.0934. The minimum atomic E-state index is -0.328. The Morgan fingerprint density at radius 2 is 1.83 bits per heavy atom. The van der Waals surface area contributed by atoms with Gasteiger partial charge in [-0.05, 0) is 48.4 Å². The molecule has 0 saturated heterocycles. The molecule has 0 saturated carbocycles. The molecule has 1 aliphatic rings. The van der Waals surface area contributed by atoms with Gasteiger partial charge in [0.25, 0.3) is 0 Å². The topological polar surface area (TPSA) is 86.5 Å². The fourth-order valence-corrected chi connectivity index (χ4v) is 2.97. The molecule has 1 aliphatic heterocycles. The van der Waals surface area contributed by atoms with Crippen molar-refractivity contribution in [3.05, 3.63) is 59.7 Å². The number of halogens is 1. The van der Waals surface area contributed by atoms with Gasteiger partial charge < -0.3 is 19.3 Å². The molecule has 1 amide bonds. The van der Waals surface area contributed by atoms with Gasteiger partial charge in [0, 0.05) is 24.9 Å². The Bertz CT molecular complexity index is 988. The van der Waals surface area contributed by atoms with E-state index in [1.807, 2.05) is 18.2 Å². The number of fused-ring (bicyclic) bond motifs is 1. The molecule has 1 aromatic heterocycles. The van der Waals surface area contributed by atoms with Gasteiger partial charge in [-0.15, -0.1) is 0 Å². The number of hydrogen-bond donors (Lipinski definition) is 1. The zero-order valence-electron chi connectivity index (χ0n) is 15.7. The van der Waals surface area contributed by atoms with Crippen LogP contribution in [-0.4, -0.2) is 35.8 Å². The second-order valence-electron chi connectivity index (χ2n) is 6.60. The highest BCUT2D eigenvalue weighted by Crippen LogP contribution is 2.30. The third-order valence-corrected chi connectivity index (χ3v) is 4.48. The lowest BCUT2D eigenvalue weighted by Gasteiger charge is -2.18. The molecule has 0 bridgehead atoms. The Hall–Kier alpha value is -3.42. The number of benzene rings is 2. The van der Waals surface area contributed by atoms with Gasteiger partial charge in [-0.1, -0.05) is 11.2 Å². The first-order chi connectivity index (χ1) is 14.2. The molecular formula is C21H20FN3O4. The minimum Gasteiger partial charge on any atom is -0.486 e. The van der Waals surface area contributed by atoms with E-state index in [1.54, 1.807) is 12.1 Å². The summed E-state index contributed by atoms with van der Waals surface area (Å²) < 4.78 is 29.2. The number of rotatable bonds is 7. The van der Waals surface area contributed by atoms with E-state index >= 15 is 0 Å². The van der Waals surface area contributed by atoms with E-state index in [0.29, 0.717) is 49.9 Å². The molecule has 0 radical (unpaired) electrons. The fourth-order valence-electron chi connectivity index (χ4n) is 2.97. The quantitative estimate of drug-likeness (QED) is 0.660. The van der Waals surface area contributed by atoms with Crippen molar-refractivity contribution in [1.29, 1.82) is 0 Å². The second-order valence-corrected chi connectivity index (χ2v) is 6.60. The molecule has 0 spiro atoms. The maximum atomic E-state index is 13.0. The highest BCUT2D eigenvalue weighted by molar-refractivity contribution is 5.76. The van der Waals surface area contributed by atoms with Crippen LogP contribution in [0.15, 0.2) is 47.0 Å². The highest BCUT2D eigenvalue weighted by atomic mass is 19.1. The zero-order chi connectivity index (χ0) is 20.1. The molecule has 0 atom stereocenters. The lowest BCUT2D eigenvalue weighted by molar-refractivity contribution is -0.121. The lowest BCUT2D eigenvalue weighted by Crippen LogP contribution is -2.26. The summed E-state index contributed by atoms with van der Waals surface area (Å²) in [7, 11) is 0. The summed E-state index contributed by atoms with van der Waals surface area (Å²) in [5.41, 5.74) is 1.72. The number of aromatic nitrogens is 2. The van der Waals surface area contributed by atoms with Crippen molar-refractivity contribution in [2.24, 2.45) is 0 Å². The molecule has 0 fully saturated rings. The van der Waals surface area contributed by atoms with E-state index in [2.05, 4.69) is 15.5 Å². The van der Waals surface area contributed by atoms with E-state index in [1.165, 1.54) is 12.1 Å². The number of carbonyl (C=O) groups excluding carboxylic acids is 1. The summed E-state index contributed by atoms with van der Waals surface area (Å²) in [5, 5.41) is 6.75. The number of ether oxygens (including phenoxy) is 2. The number of amides is 1. The fraction of sp³-hybridized carbons (Fsp3) is 0.286. The Morgan fingerprint density at radius 1 is 1.03 bits per heavy atom. The molecule has 3 aromatic rings. The van der Waals surface area contributed by atoms with E-state index in [-0.39, 0.29) is 18.1 Å². The van der Waals surface area contributed by atoms with E-state index in [0.717, 1.165) is 17.1 Å². The lowest BCUT2D eigenvalue weighted by atomic mass is 10.1.